The van der Waals surface area contributed by atoms with Gasteiger partial charge in [0.25, 0.3) is 0 Å². The van der Waals surface area contributed by atoms with Crippen molar-refractivity contribution in [1.29, 1.82) is 0 Å². The molecule has 1 fully saturated rings. The van der Waals surface area contributed by atoms with Gasteiger partial charge in [-0.1, -0.05) is 24.3 Å². The summed E-state index contributed by atoms with van der Waals surface area (Å²) in [7, 11) is 0. The summed E-state index contributed by atoms with van der Waals surface area (Å²) in [6.07, 6.45) is 0. The average Bonchev–Trinajstić information content (AvgIpc) is 2.67. The molecule has 1 aliphatic rings. The van der Waals surface area contributed by atoms with Gasteiger partial charge in [0.1, 0.15) is 12.4 Å². The molecule has 1 aliphatic heterocycles. The molecule has 1 N–H and O–H groups in total. The molecule has 0 aromatic heterocycles. The summed E-state index contributed by atoms with van der Waals surface area (Å²) < 4.78 is 13.0. The van der Waals surface area contributed by atoms with E-state index in [1.807, 2.05) is 26.0 Å². The molecule has 6 nitrogen and oxygen atoms in total. The first-order valence-corrected chi connectivity index (χ1v) is 9.04. The van der Waals surface area contributed by atoms with Gasteiger partial charge in [0.2, 0.25) is 5.91 Å². The summed E-state index contributed by atoms with van der Waals surface area (Å²) >= 11 is 0. The highest BCUT2D eigenvalue weighted by Gasteiger charge is 2.33. The van der Waals surface area contributed by atoms with Crippen molar-refractivity contribution in [3.05, 3.63) is 65.0 Å². The minimum absolute atomic E-state index is 0.178. The zero-order chi connectivity index (χ0) is 20.3. The van der Waals surface area contributed by atoms with Crippen molar-refractivity contribution < 1.29 is 18.8 Å². The number of halogens is 1. The van der Waals surface area contributed by atoms with Crippen LogP contribution >= 0.6 is 0 Å². The fraction of sp³-hybridized carbons (Fsp3) is 0.286. The third-order valence-corrected chi connectivity index (χ3v) is 4.90. The van der Waals surface area contributed by atoms with Gasteiger partial charge in [-0.15, -0.1) is 0 Å². The number of rotatable bonds is 5. The van der Waals surface area contributed by atoms with E-state index in [4.69, 9.17) is 0 Å². The molecular formula is C21H22FN3O3. The zero-order valence-electron chi connectivity index (χ0n) is 15.9. The number of amides is 3. The molecule has 0 unspecified atom stereocenters. The summed E-state index contributed by atoms with van der Waals surface area (Å²) in [5.74, 6) is -2.06. The summed E-state index contributed by atoms with van der Waals surface area (Å²) in [5.41, 5.74) is 3.45. The summed E-state index contributed by atoms with van der Waals surface area (Å²) in [6, 6.07) is 11.4. The molecule has 3 amide bonds. The lowest BCUT2D eigenvalue weighted by molar-refractivity contribution is -0.157. The van der Waals surface area contributed by atoms with Crippen LogP contribution in [0.1, 0.15) is 16.7 Å². The highest BCUT2D eigenvalue weighted by Crippen LogP contribution is 2.18. The van der Waals surface area contributed by atoms with Crippen LogP contribution in [0, 0.1) is 19.7 Å². The first-order chi connectivity index (χ1) is 13.3. The minimum atomic E-state index is -0.704. The maximum Gasteiger partial charge on any atom is 0.312 e. The molecule has 3 rings (SSSR count). The fourth-order valence-corrected chi connectivity index (χ4v) is 3.08. The van der Waals surface area contributed by atoms with Crippen molar-refractivity contribution in [2.75, 3.05) is 25.0 Å². The molecule has 1 saturated heterocycles. The van der Waals surface area contributed by atoms with Crippen LogP contribution in [0.25, 0.3) is 0 Å². The zero-order valence-corrected chi connectivity index (χ0v) is 15.9. The van der Waals surface area contributed by atoms with E-state index in [1.165, 1.54) is 21.9 Å². The minimum Gasteiger partial charge on any atom is -0.328 e. The Kier molecular flexibility index (Phi) is 5.73. The molecule has 0 radical (unpaired) electrons. The number of nitrogens with one attached hydrogen (secondary N) is 1. The number of hydrogen-bond acceptors (Lipinski definition) is 3. The number of aryl methyl sites for hydroxylation is 1. The summed E-state index contributed by atoms with van der Waals surface area (Å²) in [6.45, 7) is 4.50. The number of carbonyl (C=O) groups excluding carboxylic acids is 3. The number of anilines is 1. The van der Waals surface area contributed by atoms with Gasteiger partial charge in [-0.2, -0.15) is 0 Å². The molecular weight excluding hydrogens is 361 g/mol. The van der Waals surface area contributed by atoms with Crippen LogP contribution in [0.4, 0.5) is 10.1 Å². The molecule has 0 spiro atoms. The van der Waals surface area contributed by atoms with Crippen LogP contribution < -0.4 is 5.32 Å². The monoisotopic (exact) mass is 383 g/mol. The van der Waals surface area contributed by atoms with Crippen molar-refractivity contribution in [2.45, 2.75) is 20.4 Å². The maximum absolute atomic E-state index is 13.0. The van der Waals surface area contributed by atoms with Gasteiger partial charge in [-0.3, -0.25) is 14.4 Å². The van der Waals surface area contributed by atoms with E-state index in [0.717, 1.165) is 16.7 Å². The topological polar surface area (TPSA) is 69.7 Å². The molecule has 28 heavy (non-hydrogen) atoms. The van der Waals surface area contributed by atoms with Crippen molar-refractivity contribution in [3.8, 4) is 0 Å². The highest BCUT2D eigenvalue weighted by atomic mass is 19.1. The first-order valence-electron chi connectivity index (χ1n) is 9.04. The SMILES string of the molecule is Cc1cccc(NC(=O)CN2CCN(Cc3ccc(F)cc3)C(=O)C2=O)c1C. The number of piperazine rings is 1. The van der Waals surface area contributed by atoms with E-state index >= 15 is 0 Å². The third kappa shape index (κ3) is 4.36. The Hall–Kier alpha value is -3.22. The Bertz CT molecular complexity index is 912. The van der Waals surface area contributed by atoms with E-state index in [9.17, 15) is 18.8 Å². The largest absolute Gasteiger partial charge is 0.328 e. The van der Waals surface area contributed by atoms with E-state index in [2.05, 4.69) is 5.32 Å². The van der Waals surface area contributed by atoms with Crippen molar-refractivity contribution in [1.82, 2.24) is 9.80 Å². The van der Waals surface area contributed by atoms with Crippen LogP contribution in [-0.2, 0) is 20.9 Å². The Labute approximate surface area is 162 Å². The van der Waals surface area contributed by atoms with Gasteiger partial charge in [-0.05, 0) is 48.7 Å². The van der Waals surface area contributed by atoms with Gasteiger partial charge in [-0.25, -0.2) is 4.39 Å². The second kappa shape index (κ2) is 8.21. The third-order valence-electron chi connectivity index (χ3n) is 4.90. The molecule has 2 aromatic rings. The maximum atomic E-state index is 13.0. The van der Waals surface area contributed by atoms with Crippen LogP contribution in [-0.4, -0.2) is 47.2 Å². The van der Waals surface area contributed by atoms with Gasteiger partial charge in [0, 0.05) is 25.3 Å². The van der Waals surface area contributed by atoms with Crippen molar-refractivity contribution in [2.24, 2.45) is 0 Å². The van der Waals surface area contributed by atoms with E-state index in [-0.39, 0.29) is 31.4 Å². The van der Waals surface area contributed by atoms with Crippen LogP contribution in [0.3, 0.4) is 0 Å². The Morgan fingerprint density at radius 1 is 1.00 bits per heavy atom. The predicted octanol–water partition coefficient (Wildman–Crippen LogP) is 2.25. The molecule has 0 saturated carbocycles. The van der Waals surface area contributed by atoms with E-state index < -0.39 is 11.8 Å². The smallest absolute Gasteiger partial charge is 0.312 e. The molecule has 2 aromatic carbocycles. The quantitative estimate of drug-likeness (QED) is 0.805. The summed E-state index contributed by atoms with van der Waals surface area (Å²) in [4.78, 5) is 39.8. The van der Waals surface area contributed by atoms with Crippen LogP contribution in [0.2, 0.25) is 0 Å². The van der Waals surface area contributed by atoms with Crippen molar-refractivity contribution in [3.63, 3.8) is 0 Å². The Morgan fingerprint density at radius 3 is 2.36 bits per heavy atom. The first kappa shape index (κ1) is 19.5. The molecule has 7 heteroatoms. The lowest BCUT2D eigenvalue weighted by Crippen LogP contribution is -2.55. The van der Waals surface area contributed by atoms with Gasteiger partial charge in [0.05, 0.1) is 0 Å². The lowest BCUT2D eigenvalue weighted by atomic mass is 10.1. The molecule has 0 atom stereocenters. The fourth-order valence-electron chi connectivity index (χ4n) is 3.08. The second-order valence-electron chi connectivity index (χ2n) is 6.88. The van der Waals surface area contributed by atoms with Gasteiger partial charge in [0.15, 0.2) is 0 Å². The van der Waals surface area contributed by atoms with Crippen LogP contribution in [0.15, 0.2) is 42.5 Å². The van der Waals surface area contributed by atoms with Gasteiger partial charge >= 0.3 is 11.8 Å². The molecule has 0 bridgehead atoms. The predicted molar refractivity (Wildman–Crippen MR) is 103 cm³/mol. The standard InChI is InChI=1S/C21H22FN3O3/c1-14-4-3-5-18(15(14)2)23-19(26)13-25-11-10-24(20(27)21(25)28)12-16-6-8-17(22)9-7-16/h3-9H,10-13H2,1-2H3,(H,23,26). The van der Waals surface area contributed by atoms with Crippen molar-refractivity contribution >= 4 is 23.4 Å². The molecule has 146 valence electrons. The number of carbonyl (C=O) groups is 3. The normalized spacial score (nSPS) is 14.4. The van der Waals surface area contributed by atoms with Crippen LogP contribution in [0.5, 0.6) is 0 Å². The van der Waals surface area contributed by atoms with Gasteiger partial charge < -0.3 is 15.1 Å². The molecule has 1 heterocycles. The number of hydrogen-bond donors (Lipinski definition) is 1. The average molecular weight is 383 g/mol. The molecule has 0 aliphatic carbocycles. The Morgan fingerprint density at radius 2 is 1.64 bits per heavy atom. The second-order valence-corrected chi connectivity index (χ2v) is 6.88. The number of benzene rings is 2. The lowest BCUT2D eigenvalue weighted by Gasteiger charge is -2.33. The summed E-state index contributed by atoms with van der Waals surface area (Å²) in [5, 5.41) is 2.80. The number of nitrogens with zero attached hydrogens (tertiary/aromatic N) is 2. The van der Waals surface area contributed by atoms with E-state index in [0.29, 0.717) is 12.2 Å². The Balaban J connectivity index is 1.59. The van der Waals surface area contributed by atoms with E-state index in [1.54, 1.807) is 18.2 Å². The highest BCUT2D eigenvalue weighted by molar-refractivity contribution is 6.35.